The topological polar surface area (TPSA) is 76.2 Å². The predicted octanol–water partition coefficient (Wildman–Crippen LogP) is 5.08. The lowest BCUT2D eigenvalue weighted by atomic mass is 10.1. The van der Waals surface area contributed by atoms with Gasteiger partial charge in [0.2, 0.25) is 5.91 Å². The molecule has 2 aliphatic heterocycles. The number of carbonyl (C=O) groups is 3. The SMILES string of the molecule is O=C(CN1C(=O)S/C(=C\c2ccc(OCc3cccc4ccccc34)c(Br)c2)C1=O)N1CCOCC1. The first-order valence-corrected chi connectivity index (χ1v) is 13.1. The Morgan fingerprint density at radius 1 is 1.06 bits per heavy atom. The van der Waals surface area contributed by atoms with Crippen LogP contribution in [0.4, 0.5) is 4.79 Å². The second-order valence-electron chi connectivity index (χ2n) is 8.38. The highest BCUT2D eigenvalue weighted by molar-refractivity contribution is 9.10. The van der Waals surface area contributed by atoms with Gasteiger partial charge >= 0.3 is 0 Å². The summed E-state index contributed by atoms with van der Waals surface area (Å²) < 4.78 is 12.0. The summed E-state index contributed by atoms with van der Waals surface area (Å²) in [6, 6.07) is 19.8. The number of thioether (sulfide) groups is 1. The van der Waals surface area contributed by atoms with E-state index in [1.807, 2.05) is 42.5 Å². The van der Waals surface area contributed by atoms with E-state index in [9.17, 15) is 14.4 Å². The van der Waals surface area contributed by atoms with Crippen molar-refractivity contribution in [3.63, 3.8) is 0 Å². The highest BCUT2D eigenvalue weighted by Gasteiger charge is 2.37. The molecule has 184 valence electrons. The summed E-state index contributed by atoms with van der Waals surface area (Å²) in [5.74, 6) is -0.0411. The van der Waals surface area contributed by atoms with E-state index in [4.69, 9.17) is 9.47 Å². The van der Waals surface area contributed by atoms with E-state index < -0.39 is 11.1 Å². The van der Waals surface area contributed by atoms with Crippen molar-refractivity contribution >= 4 is 61.6 Å². The molecule has 2 saturated heterocycles. The van der Waals surface area contributed by atoms with Gasteiger partial charge in [0.05, 0.1) is 22.6 Å². The molecule has 0 aliphatic carbocycles. The smallest absolute Gasteiger partial charge is 0.294 e. The number of hydrogen-bond donors (Lipinski definition) is 0. The lowest BCUT2D eigenvalue weighted by Crippen LogP contribution is -2.46. The Morgan fingerprint density at radius 2 is 1.83 bits per heavy atom. The number of amides is 3. The van der Waals surface area contributed by atoms with Crippen LogP contribution in [0.2, 0.25) is 0 Å². The third kappa shape index (κ3) is 5.33. The molecule has 0 radical (unpaired) electrons. The zero-order valence-electron chi connectivity index (χ0n) is 19.3. The minimum atomic E-state index is -0.459. The predicted molar refractivity (Wildman–Crippen MR) is 142 cm³/mol. The van der Waals surface area contributed by atoms with E-state index >= 15 is 0 Å². The molecule has 3 amide bonds. The molecule has 0 saturated carbocycles. The molecule has 2 fully saturated rings. The molecule has 5 rings (SSSR count). The summed E-state index contributed by atoms with van der Waals surface area (Å²) in [5, 5.41) is 1.87. The van der Waals surface area contributed by atoms with Crippen molar-refractivity contribution in [3.8, 4) is 5.75 Å². The molecule has 3 aromatic carbocycles. The number of hydrogen-bond acceptors (Lipinski definition) is 6. The summed E-state index contributed by atoms with van der Waals surface area (Å²) >= 11 is 4.39. The first-order chi connectivity index (χ1) is 17.5. The van der Waals surface area contributed by atoms with Gasteiger partial charge in [-0.05, 0) is 67.8 Å². The Kier molecular flexibility index (Phi) is 7.41. The summed E-state index contributed by atoms with van der Waals surface area (Å²) in [7, 11) is 0. The third-order valence-electron chi connectivity index (χ3n) is 6.05. The third-order valence-corrected chi connectivity index (χ3v) is 7.57. The number of rotatable bonds is 6. The molecular weight excluding hydrogens is 544 g/mol. The summed E-state index contributed by atoms with van der Waals surface area (Å²) in [5.41, 5.74) is 1.83. The molecule has 0 N–H and O–H groups in total. The van der Waals surface area contributed by atoms with Gasteiger partial charge in [0, 0.05) is 13.1 Å². The number of fused-ring (bicyclic) bond motifs is 1. The Morgan fingerprint density at radius 3 is 2.64 bits per heavy atom. The molecule has 0 spiro atoms. The summed E-state index contributed by atoms with van der Waals surface area (Å²) in [6.45, 7) is 2.01. The number of imide groups is 1. The number of carbonyl (C=O) groups excluding carboxylic acids is 3. The van der Waals surface area contributed by atoms with Crippen molar-refractivity contribution in [3.05, 3.63) is 81.2 Å². The van der Waals surface area contributed by atoms with Crippen LogP contribution in [0.5, 0.6) is 5.75 Å². The average molecular weight is 567 g/mol. The second kappa shape index (κ2) is 10.9. The number of morpholine rings is 1. The van der Waals surface area contributed by atoms with Crippen LogP contribution in [0, 0.1) is 0 Å². The van der Waals surface area contributed by atoms with Crippen LogP contribution < -0.4 is 4.74 Å². The fourth-order valence-corrected chi connectivity index (χ4v) is 5.48. The molecule has 36 heavy (non-hydrogen) atoms. The van der Waals surface area contributed by atoms with Gasteiger partial charge in [-0.2, -0.15) is 0 Å². The number of halogens is 1. The lowest BCUT2D eigenvalue weighted by Gasteiger charge is -2.28. The van der Waals surface area contributed by atoms with Gasteiger partial charge in [0.1, 0.15) is 18.9 Å². The second-order valence-corrected chi connectivity index (χ2v) is 10.2. The quantitative estimate of drug-likeness (QED) is 0.387. The largest absolute Gasteiger partial charge is 0.488 e. The molecule has 0 unspecified atom stereocenters. The van der Waals surface area contributed by atoms with Crippen molar-refractivity contribution in [1.29, 1.82) is 0 Å². The van der Waals surface area contributed by atoms with Gasteiger partial charge in [-0.3, -0.25) is 19.3 Å². The maximum absolute atomic E-state index is 12.8. The van der Waals surface area contributed by atoms with Crippen molar-refractivity contribution in [2.75, 3.05) is 32.8 Å². The van der Waals surface area contributed by atoms with Crippen LogP contribution in [-0.2, 0) is 20.9 Å². The van der Waals surface area contributed by atoms with Crippen molar-refractivity contribution in [2.45, 2.75) is 6.61 Å². The van der Waals surface area contributed by atoms with Gasteiger partial charge < -0.3 is 14.4 Å². The Hall–Kier alpha value is -3.14. The highest BCUT2D eigenvalue weighted by Crippen LogP contribution is 2.34. The monoisotopic (exact) mass is 566 g/mol. The van der Waals surface area contributed by atoms with E-state index in [2.05, 4.69) is 34.1 Å². The summed E-state index contributed by atoms with van der Waals surface area (Å²) in [4.78, 5) is 40.7. The maximum Gasteiger partial charge on any atom is 0.294 e. The Balaban J connectivity index is 1.25. The normalized spacial score (nSPS) is 17.3. The zero-order chi connectivity index (χ0) is 25.1. The minimum absolute atomic E-state index is 0.253. The average Bonchev–Trinajstić information content (AvgIpc) is 3.16. The fourth-order valence-electron chi connectivity index (χ4n) is 4.13. The van der Waals surface area contributed by atoms with E-state index in [1.54, 1.807) is 11.0 Å². The molecule has 0 atom stereocenters. The van der Waals surface area contributed by atoms with E-state index in [1.165, 1.54) is 0 Å². The fraction of sp³-hybridized carbons (Fsp3) is 0.222. The van der Waals surface area contributed by atoms with Crippen molar-refractivity contribution < 1.29 is 23.9 Å². The van der Waals surface area contributed by atoms with Crippen molar-refractivity contribution in [2.24, 2.45) is 0 Å². The Labute approximate surface area is 221 Å². The number of nitrogens with zero attached hydrogens (tertiary/aromatic N) is 2. The minimum Gasteiger partial charge on any atom is -0.488 e. The van der Waals surface area contributed by atoms with Crippen LogP contribution in [0.3, 0.4) is 0 Å². The van der Waals surface area contributed by atoms with E-state index in [0.717, 1.165) is 43.0 Å². The van der Waals surface area contributed by atoms with Crippen LogP contribution in [0.15, 0.2) is 70.0 Å². The van der Waals surface area contributed by atoms with Crippen LogP contribution >= 0.6 is 27.7 Å². The van der Waals surface area contributed by atoms with Crippen LogP contribution in [0.1, 0.15) is 11.1 Å². The first kappa shape index (κ1) is 24.5. The van der Waals surface area contributed by atoms with Gasteiger partial charge in [-0.15, -0.1) is 0 Å². The molecule has 0 bridgehead atoms. The van der Waals surface area contributed by atoms with E-state index in [0.29, 0.717) is 38.7 Å². The van der Waals surface area contributed by atoms with Gasteiger partial charge in [-0.25, -0.2) is 0 Å². The number of benzene rings is 3. The molecule has 9 heteroatoms. The first-order valence-electron chi connectivity index (χ1n) is 11.5. The van der Waals surface area contributed by atoms with E-state index in [-0.39, 0.29) is 17.4 Å². The van der Waals surface area contributed by atoms with Gasteiger partial charge in [-0.1, -0.05) is 48.5 Å². The number of ether oxygens (including phenoxy) is 2. The summed E-state index contributed by atoms with van der Waals surface area (Å²) in [6.07, 6.45) is 1.66. The van der Waals surface area contributed by atoms with Crippen LogP contribution in [0.25, 0.3) is 16.8 Å². The zero-order valence-corrected chi connectivity index (χ0v) is 21.7. The van der Waals surface area contributed by atoms with Crippen molar-refractivity contribution in [1.82, 2.24) is 9.80 Å². The van der Waals surface area contributed by atoms with Crippen LogP contribution in [-0.4, -0.2) is 59.7 Å². The molecule has 2 heterocycles. The molecular formula is C27H23BrN2O5S. The standard InChI is InChI=1S/C27H23BrN2O5S/c28-22-14-18(8-9-23(22)35-17-20-6-3-5-19-4-1-2-7-21(19)20)15-24-26(32)30(27(33)36-24)16-25(31)29-10-12-34-13-11-29/h1-9,14-15H,10-13,16-17H2/b24-15-. The van der Waals surface area contributed by atoms with Gasteiger partial charge in [0.25, 0.3) is 11.1 Å². The highest BCUT2D eigenvalue weighted by atomic mass is 79.9. The molecule has 7 nitrogen and oxygen atoms in total. The molecule has 3 aromatic rings. The molecule has 0 aromatic heterocycles. The lowest BCUT2D eigenvalue weighted by molar-refractivity contribution is -0.139. The molecule has 2 aliphatic rings. The maximum atomic E-state index is 12.8. The Bertz CT molecular complexity index is 1360. The van der Waals surface area contributed by atoms with Gasteiger partial charge in [0.15, 0.2) is 0 Å².